The SMILES string of the molecule is C/C=C/COC(=O)CCCC(=O)Oc1cccc(Cl)c1Cl. The minimum absolute atomic E-state index is 0.0988. The van der Waals surface area contributed by atoms with Crippen LogP contribution in [-0.2, 0) is 14.3 Å². The quantitative estimate of drug-likeness (QED) is 0.427. The van der Waals surface area contributed by atoms with Crippen LogP contribution >= 0.6 is 23.2 Å². The summed E-state index contributed by atoms with van der Waals surface area (Å²) in [6.07, 6.45) is 4.13. The van der Waals surface area contributed by atoms with Crippen LogP contribution in [-0.4, -0.2) is 18.5 Å². The zero-order valence-corrected chi connectivity index (χ0v) is 13.1. The van der Waals surface area contributed by atoms with E-state index in [0.717, 1.165) is 0 Å². The Kier molecular flexibility index (Phi) is 7.87. The molecule has 1 aromatic rings. The third-order valence-corrected chi connectivity index (χ3v) is 3.28. The Labute approximate surface area is 133 Å². The Morgan fingerprint density at radius 2 is 1.90 bits per heavy atom. The number of rotatable bonds is 7. The molecule has 1 aromatic carbocycles. The molecule has 0 aromatic heterocycles. The van der Waals surface area contributed by atoms with Crippen molar-refractivity contribution in [3.63, 3.8) is 0 Å². The number of carbonyl (C=O) groups excluding carboxylic acids is 2. The molecular formula is C15H16Cl2O4. The lowest BCUT2D eigenvalue weighted by Gasteiger charge is -2.07. The van der Waals surface area contributed by atoms with Gasteiger partial charge in [-0.25, -0.2) is 0 Å². The van der Waals surface area contributed by atoms with Gasteiger partial charge in [0.05, 0.1) is 5.02 Å². The lowest BCUT2D eigenvalue weighted by molar-refractivity contribution is -0.142. The second-order valence-electron chi connectivity index (χ2n) is 4.13. The number of hydrogen-bond donors (Lipinski definition) is 0. The Balaban J connectivity index is 2.31. The third kappa shape index (κ3) is 6.65. The van der Waals surface area contributed by atoms with Gasteiger partial charge < -0.3 is 9.47 Å². The summed E-state index contributed by atoms with van der Waals surface area (Å²) in [6.45, 7) is 2.09. The monoisotopic (exact) mass is 330 g/mol. The van der Waals surface area contributed by atoms with Gasteiger partial charge in [0.1, 0.15) is 11.6 Å². The van der Waals surface area contributed by atoms with Gasteiger partial charge in [-0.3, -0.25) is 9.59 Å². The average Bonchev–Trinajstić information content (AvgIpc) is 2.44. The van der Waals surface area contributed by atoms with Crippen molar-refractivity contribution in [2.75, 3.05) is 6.61 Å². The van der Waals surface area contributed by atoms with Crippen molar-refractivity contribution >= 4 is 35.1 Å². The van der Waals surface area contributed by atoms with Crippen LogP contribution < -0.4 is 4.74 Å². The topological polar surface area (TPSA) is 52.6 Å². The molecule has 0 N–H and O–H groups in total. The zero-order valence-electron chi connectivity index (χ0n) is 11.6. The predicted octanol–water partition coefficient (Wildman–Crippen LogP) is 4.19. The number of halogens is 2. The van der Waals surface area contributed by atoms with E-state index in [1.807, 2.05) is 6.92 Å². The smallest absolute Gasteiger partial charge is 0.311 e. The Morgan fingerprint density at radius 3 is 2.62 bits per heavy atom. The number of carbonyl (C=O) groups is 2. The molecular weight excluding hydrogens is 315 g/mol. The summed E-state index contributed by atoms with van der Waals surface area (Å²) < 4.78 is 9.99. The van der Waals surface area contributed by atoms with Gasteiger partial charge in [-0.15, -0.1) is 0 Å². The van der Waals surface area contributed by atoms with E-state index in [4.69, 9.17) is 32.7 Å². The molecule has 0 fully saturated rings. The van der Waals surface area contributed by atoms with Crippen LogP contribution in [0.2, 0.25) is 10.0 Å². The second-order valence-corrected chi connectivity index (χ2v) is 4.92. The Bertz CT molecular complexity index is 526. The largest absolute Gasteiger partial charge is 0.461 e. The van der Waals surface area contributed by atoms with Gasteiger partial charge in [0.2, 0.25) is 0 Å². The maximum absolute atomic E-state index is 11.6. The average molecular weight is 331 g/mol. The van der Waals surface area contributed by atoms with E-state index < -0.39 is 5.97 Å². The fourth-order valence-electron chi connectivity index (χ4n) is 1.42. The van der Waals surface area contributed by atoms with E-state index in [1.54, 1.807) is 30.4 Å². The summed E-state index contributed by atoms with van der Waals surface area (Å²) >= 11 is 11.7. The van der Waals surface area contributed by atoms with Gasteiger partial charge in [0.25, 0.3) is 0 Å². The third-order valence-electron chi connectivity index (χ3n) is 2.48. The van der Waals surface area contributed by atoms with Crippen LogP contribution in [0.5, 0.6) is 5.75 Å². The molecule has 0 spiro atoms. The summed E-state index contributed by atoms with van der Waals surface area (Å²) in [7, 11) is 0. The van der Waals surface area contributed by atoms with Crippen molar-refractivity contribution in [1.29, 1.82) is 0 Å². The standard InChI is InChI=1S/C15H16Cl2O4/c1-2-3-10-20-13(18)8-5-9-14(19)21-12-7-4-6-11(16)15(12)17/h2-4,6-7H,5,8-10H2,1H3/b3-2+. The van der Waals surface area contributed by atoms with Gasteiger partial charge in [0, 0.05) is 12.8 Å². The van der Waals surface area contributed by atoms with Gasteiger partial charge in [-0.05, 0) is 25.5 Å². The van der Waals surface area contributed by atoms with E-state index in [-0.39, 0.29) is 36.2 Å². The van der Waals surface area contributed by atoms with E-state index in [0.29, 0.717) is 11.4 Å². The number of allylic oxidation sites excluding steroid dienone is 1. The molecule has 0 saturated heterocycles. The van der Waals surface area contributed by atoms with E-state index >= 15 is 0 Å². The lowest BCUT2D eigenvalue weighted by atomic mass is 10.2. The molecule has 1 rings (SSSR count). The molecule has 0 radical (unpaired) electrons. The number of hydrogen-bond acceptors (Lipinski definition) is 4. The zero-order chi connectivity index (χ0) is 15.7. The highest BCUT2D eigenvalue weighted by molar-refractivity contribution is 6.43. The summed E-state index contributed by atoms with van der Waals surface area (Å²) in [5.41, 5.74) is 0. The molecule has 21 heavy (non-hydrogen) atoms. The van der Waals surface area contributed by atoms with Crippen LogP contribution in [0.1, 0.15) is 26.2 Å². The van der Waals surface area contributed by atoms with Crippen LogP contribution in [0.25, 0.3) is 0 Å². The summed E-state index contributed by atoms with van der Waals surface area (Å²) in [6, 6.07) is 4.79. The highest BCUT2D eigenvalue weighted by atomic mass is 35.5. The molecule has 0 atom stereocenters. The first-order chi connectivity index (χ1) is 10.0. The molecule has 4 nitrogen and oxygen atoms in total. The molecule has 114 valence electrons. The van der Waals surface area contributed by atoms with Crippen molar-refractivity contribution in [3.8, 4) is 5.75 Å². The molecule has 0 unspecified atom stereocenters. The number of esters is 2. The summed E-state index contributed by atoms with van der Waals surface area (Å²) in [5.74, 6) is -0.605. The summed E-state index contributed by atoms with van der Waals surface area (Å²) in [4.78, 5) is 22.9. The highest BCUT2D eigenvalue weighted by Gasteiger charge is 2.11. The minimum atomic E-state index is -0.472. The van der Waals surface area contributed by atoms with E-state index in [2.05, 4.69) is 0 Å². The first-order valence-corrected chi connectivity index (χ1v) is 7.21. The van der Waals surface area contributed by atoms with Gasteiger partial charge in [-0.1, -0.05) is 41.4 Å². The Morgan fingerprint density at radius 1 is 1.19 bits per heavy atom. The maximum Gasteiger partial charge on any atom is 0.311 e. The molecule has 0 aliphatic rings. The highest BCUT2D eigenvalue weighted by Crippen LogP contribution is 2.31. The minimum Gasteiger partial charge on any atom is -0.461 e. The van der Waals surface area contributed by atoms with Crippen molar-refractivity contribution < 1.29 is 19.1 Å². The molecule has 0 heterocycles. The number of ether oxygens (including phenoxy) is 2. The maximum atomic E-state index is 11.6. The van der Waals surface area contributed by atoms with E-state index in [1.165, 1.54) is 0 Å². The van der Waals surface area contributed by atoms with Crippen molar-refractivity contribution in [1.82, 2.24) is 0 Å². The van der Waals surface area contributed by atoms with Crippen LogP contribution in [0, 0.1) is 0 Å². The molecule has 0 aliphatic carbocycles. The first-order valence-electron chi connectivity index (χ1n) is 6.46. The first kappa shape index (κ1) is 17.5. The lowest BCUT2D eigenvalue weighted by Crippen LogP contribution is -2.10. The van der Waals surface area contributed by atoms with Crippen LogP contribution in [0.3, 0.4) is 0 Å². The molecule has 0 amide bonds. The van der Waals surface area contributed by atoms with Crippen molar-refractivity contribution in [2.45, 2.75) is 26.2 Å². The van der Waals surface area contributed by atoms with Gasteiger partial charge in [-0.2, -0.15) is 0 Å². The second kappa shape index (κ2) is 9.42. The van der Waals surface area contributed by atoms with Gasteiger partial charge >= 0.3 is 11.9 Å². The van der Waals surface area contributed by atoms with Crippen molar-refractivity contribution in [3.05, 3.63) is 40.4 Å². The van der Waals surface area contributed by atoms with E-state index in [9.17, 15) is 9.59 Å². The van der Waals surface area contributed by atoms with Crippen LogP contribution in [0.15, 0.2) is 30.4 Å². The molecule has 0 saturated carbocycles. The molecule has 0 bridgehead atoms. The fourth-order valence-corrected chi connectivity index (χ4v) is 1.75. The fraction of sp³-hybridized carbons (Fsp3) is 0.333. The Hall–Kier alpha value is -1.52. The van der Waals surface area contributed by atoms with Crippen LogP contribution in [0.4, 0.5) is 0 Å². The normalized spacial score (nSPS) is 10.6. The molecule has 6 heteroatoms. The molecule has 0 aliphatic heterocycles. The number of benzene rings is 1. The predicted molar refractivity (Wildman–Crippen MR) is 81.7 cm³/mol. The van der Waals surface area contributed by atoms with Gasteiger partial charge in [0.15, 0.2) is 5.75 Å². The van der Waals surface area contributed by atoms with Crippen molar-refractivity contribution in [2.24, 2.45) is 0 Å². The summed E-state index contributed by atoms with van der Waals surface area (Å²) in [5, 5.41) is 0.507.